The number of anilines is 1. The summed E-state index contributed by atoms with van der Waals surface area (Å²) < 4.78 is 5.45. The average Bonchev–Trinajstić information content (AvgIpc) is 2.47. The zero-order valence-electron chi connectivity index (χ0n) is 11.9. The summed E-state index contributed by atoms with van der Waals surface area (Å²) in [6, 6.07) is 11.5. The van der Waals surface area contributed by atoms with Crippen molar-refractivity contribution in [3.05, 3.63) is 53.3 Å². The minimum absolute atomic E-state index is 0.213. The standard InChI is InChI=1S/C16H20N2O2/c1-3-20-11-13-6-4-5-7-14(13)17-10-15-16(19)9-8-12(2)18-15/h4-9,17,19H,3,10-11H2,1-2H3. The van der Waals surface area contributed by atoms with Crippen molar-refractivity contribution >= 4 is 5.69 Å². The van der Waals surface area contributed by atoms with Gasteiger partial charge in [-0.15, -0.1) is 0 Å². The molecule has 0 spiro atoms. The smallest absolute Gasteiger partial charge is 0.138 e. The first-order valence-corrected chi connectivity index (χ1v) is 6.75. The molecular formula is C16H20N2O2. The Balaban J connectivity index is 2.08. The van der Waals surface area contributed by atoms with E-state index in [4.69, 9.17) is 4.74 Å². The summed E-state index contributed by atoms with van der Waals surface area (Å²) in [5.41, 5.74) is 3.64. The second-order valence-corrected chi connectivity index (χ2v) is 4.57. The molecule has 0 saturated heterocycles. The minimum Gasteiger partial charge on any atom is -0.506 e. The van der Waals surface area contributed by atoms with Crippen LogP contribution in [0.4, 0.5) is 5.69 Å². The fraction of sp³-hybridized carbons (Fsp3) is 0.312. The second kappa shape index (κ2) is 6.91. The Hall–Kier alpha value is -2.07. The van der Waals surface area contributed by atoms with Gasteiger partial charge in [0.1, 0.15) is 11.4 Å². The highest BCUT2D eigenvalue weighted by Gasteiger charge is 2.05. The molecule has 1 aromatic heterocycles. The third-order valence-corrected chi connectivity index (χ3v) is 3.01. The van der Waals surface area contributed by atoms with Crippen LogP contribution in [0.5, 0.6) is 5.75 Å². The first kappa shape index (κ1) is 14.3. The van der Waals surface area contributed by atoms with Crippen LogP contribution >= 0.6 is 0 Å². The Morgan fingerprint density at radius 3 is 2.80 bits per heavy atom. The number of rotatable bonds is 6. The maximum Gasteiger partial charge on any atom is 0.138 e. The van der Waals surface area contributed by atoms with Gasteiger partial charge in [0.15, 0.2) is 0 Å². The van der Waals surface area contributed by atoms with Crippen molar-refractivity contribution in [2.45, 2.75) is 27.0 Å². The van der Waals surface area contributed by atoms with Crippen LogP contribution in [-0.4, -0.2) is 16.7 Å². The summed E-state index contributed by atoms with van der Waals surface area (Å²) in [7, 11) is 0. The topological polar surface area (TPSA) is 54.4 Å². The third kappa shape index (κ3) is 3.71. The van der Waals surface area contributed by atoms with E-state index >= 15 is 0 Å². The molecule has 1 aromatic carbocycles. The van der Waals surface area contributed by atoms with Crippen molar-refractivity contribution in [1.29, 1.82) is 0 Å². The molecule has 0 aliphatic rings. The van der Waals surface area contributed by atoms with Gasteiger partial charge < -0.3 is 15.2 Å². The molecule has 0 fully saturated rings. The van der Waals surface area contributed by atoms with E-state index < -0.39 is 0 Å². The van der Waals surface area contributed by atoms with Crippen molar-refractivity contribution in [2.75, 3.05) is 11.9 Å². The first-order valence-electron chi connectivity index (χ1n) is 6.75. The number of aromatic nitrogens is 1. The number of ether oxygens (including phenoxy) is 1. The van der Waals surface area contributed by atoms with Gasteiger partial charge in [-0.25, -0.2) is 0 Å². The maximum absolute atomic E-state index is 9.80. The van der Waals surface area contributed by atoms with Gasteiger partial charge in [0.05, 0.1) is 13.2 Å². The molecule has 0 radical (unpaired) electrons. The lowest BCUT2D eigenvalue weighted by Gasteiger charge is -2.12. The third-order valence-electron chi connectivity index (χ3n) is 3.01. The van der Waals surface area contributed by atoms with Crippen molar-refractivity contribution in [3.63, 3.8) is 0 Å². The zero-order valence-corrected chi connectivity index (χ0v) is 11.9. The maximum atomic E-state index is 9.80. The van der Waals surface area contributed by atoms with Crippen molar-refractivity contribution in [2.24, 2.45) is 0 Å². The number of para-hydroxylation sites is 1. The quantitative estimate of drug-likeness (QED) is 0.847. The molecule has 0 amide bonds. The van der Waals surface area contributed by atoms with E-state index in [0.717, 1.165) is 16.9 Å². The predicted molar refractivity (Wildman–Crippen MR) is 79.7 cm³/mol. The van der Waals surface area contributed by atoms with E-state index in [0.29, 0.717) is 25.5 Å². The number of hydrogen-bond donors (Lipinski definition) is 2. The van der Waals surface area contributed by atoms with Gasteiger partial charge in [-0.2, -0.15) is 0 Å². The lowest BCUT2D eigenvalue weighted by molar-refractivity contribution is 0.134. The lowest BCUT2D eigenvalue weighted by Crippen LogP contribution is -2.05. The summed E-state index contributed by atoms with van der Waals surface area (Å²) in [4.78, 5) is 4.34. The van der Waals surface area contributed by atoms with Crippen LogP contribution in [0.25, 0.3) is 0 Å². The molecular weight excluding hydrogens is 252 g/mol. The largest absolute Gasteiger partial charge is 0.506 e. The van der Waals surface area contributed by atoms with Crippen molar-refractivity contribution < 1.29 is 9.84 Å². The van der Waals surface area contributed by atoms with Gasteiger partial charge in [-0.3, -0.25) is 4.98 Å². The van der Waals surface area contributed by atoms with Crippen molar-refractivity contribution in [1.82, 2.24) is 4.98 Å². The van der Waals surface area contributed by atoms with E-state index in [1.807, 2.05) is 38.1 Å². The van der Waals surface area contributed by atoms with E-state index in [9.17, 15) is 5.11 Å². The molecule has 2 rings (SSSR count). The highest BCUT2D eigenvalue weighted by Crippen LogP contribution is 2.20. The minimum atomic E-state index is 0.213. The van der Waals surface area contributed by atoms with Gasteiger partial charge >= 0.3 is 0 Å². The number of pyridine rings is 1. The fourth-order valence-electron chi connectivity index (χ4n) is 1.94. The van der Waals surface area contributed by atoms with E-state index in [2.05, 4.69) is 10.3 Å². The van der Waals surface area contributed by atoms with Gasteiger partial charge in [0.25, 0.3) is 0 Å². The molecule has 1 heterocycles. The molecule has 0 aliphatic heterocycles. The molecule has 2 N–H and O–H groups in total. The summed E-state index contributed by atoms with van der Waals surface area (Å²) in [5, 5.41) is 13.1. The number of hydrogen-bond acceptors (Lipinski definition) is 4. The van der Waals surface area contributed by atoms with Gasteiger partial charge in [0, 0.05) is 23.6 Å². The van der Waals surface area contributed by atoms with E-state index in [1.54, 1.807) is 12.1 Å². The average molecular weight is 272 g/mol. The van der Waals surface area contributed by atoms with Crippen LogP contribution in [0.3, 0.4) is 0 Å². The Morgan fingerprint density at radius 1 is 1.20 bits per heavy atom. The summed E-state index contributed by atoms with van der Waals surface area (Å²) in [6.45, 7) is 5.63. The molecule has 4 nitrogen and oxygen atoms in total. The molecule has 0 aliphatic carbocycles. The number of aromatic hydroxyl groups is 1. The van der Waals surface area contributed by atoms with Gasteiger partial charge in [-0.1, -0.05) is 18.2 Å². The van der Waals surface area contributed by atoms with Gasteiger partial charge in [0.2, 0.25) is 0 Å². The Labute approximate surface area is 119 Å². The van der Waals surface area contributed by atoms with E-state index in [-0.39, 0.29) is 5.75 Å². The lowest BCUT2D eigenvalue weighted by atomic mass is 10.2. The number of nitrogens with one attached hydrogen (secondary N) is 1. The molecule has 0 atom stereocenters. The van der Waals surface area contributed by atoms with Crippen LogP contribution < -0.4 is 5.32 Å². The Morgan fingerprint density at radius 2 is 2.00 bits per heavy atom. The fourth-order valence-corrected chi connectivity index (χ4v) is 1.94. The molecule has 0 bridgehead atoms. The van der Waals surface area contributed by atoms with Crippen molar-refractivity contribution in [3.8, 4) is 5.75 Å². The van der Waals surface area contributed by atoms with Crippen LogP contribution in [-0.2, 0) is 17.9 Å². The SMILES string of the molecule is CCOCc1ccccc1NCc1nc(C)ccc1O. The molecule has 20 heavy (non-hydrogen) atoms. The van der Waals surface area contributed by atoms with E-state index in [1.165, 1.54) is 0 Å². The second-order valence-electron chi connectivity index (χ2n) is 4.57. The summed E-state index contributed by atoms with van der Waals surface area (Å²) >= 11 is 0. The van der Waals surface area contributed by atoms with Gasteiger partial charge in [-0.05, 0) is 32.0 Å². The summed E-state index contributed by atoms with van der Waals surface area (Å²) in [5.74, 6) is 0.213. The molecule has 4 heteroatoms. The number of aryl methyl sites for hydroxylation is 1. The predicted octanol–water partition coefficient (Wildman–Crippen LogP) is 3.24. The Bertz CT molecular complexity index is 570. The van der Waals surface area contributed by atoms with Crippen LogP contribution in [0.2, 0.25) is 0 Å². The molecule has 0 saturated carbocycles. The van der Waals surface area contributed by atoms with Crippen LogP contribution in [0.15, 0.2) is 36.4 Å². The number of nitrogens with zero attached hydrogens (tertiary/aromatic N) is 1. The molecule has 0 unspecified atom stereocenters. The monoisotopic (exact) mass is 272 g/mol. The molecule has 106 valence electrons. The molecule has 2 aromatic rings. The number of benzene rings is 1. The van der Waals surface area contributed by atoms with Crippen LogP contribution in [0, 0.1) is 6.92 Å². The highest BCUT2D eigenvalue weighted by atomic mass is 16.5. The highest BCUT2D eigenvalue weighted by molar-refractivity contribution is 5.51. The zero-order chi connectivity index (χ0) is 14.4. The van der Waals surface area contributed by atoms with Crippen LogP contribution in [0.1, 0.15) is 23.9 Å². The first-order chi connectivity index (χ1) is 9.70. The Kier molecular flexibility index (Phi) is 4.96. The normalized spacial score (nSPS) is 10.5. The summed E-state index contributed by atoms with van der Waals surface area (Å²) in [6.07, 6.45) is 0.